The van der Waals surface area contributed by atoms with Crippen LogP contribution in [0, 0.1) is 12.8 Å². The van der Waals surface area contributed by atoms with E-state index in [9.17, 15) is 9.90 Å². The number of rotatable bonds is 4. The Morgan fingerprint density at radius 3 is 2.83 bits per heavy atom. The van der Waals surface area contributed by atoms with Gasteiger partial charge in [-0.25, -0.2) is 4.79 Å². The van der Waals surface area contributed by atoms with E-state index < -0.39 is 0 Å². The second-order valence-corrected chi connectivity index (χ2v) is 7.02. The standard InChI is InChI=1S/C19H28N2O3/c1-14-17(9-4-10-18(14)24-16-7-2-3-8-16)20-19(23)21-11-5-6-15(12-21)13-22/h4,9-10,15-16,22H,2-3,5-8,11-13H2,1H3,(H,20,23). The van der Waals surface area contributed by atoms with Gasteiger partial charge in [0, 0.05) is 30.9 Å². The summed E-state index contributed by atoms with van der Waals surface area (Å²) < 4.78 is 6.11. The highest BCUT2D eigenvalue weighted by Crippen LogP contribution is 2.30. The van der Waals surface area contributed by atoms with Gasteiger partial charge in [-0.05, 0) is 63.5 Å². The van der Waals surface area contributed by atoms with E-state index in [1.54, 1.807) is 4.90 Å². The second-order valence-electron chi connectivity index (χ2n) is 7.02. The largest absolute Gasteiger partial charge is 0.490 e. The number of likely N-dealkylation sites (tertiary alicyclic amines) is 1. The smallest absolute Gasteiger partial charge is 0.321 e. The predicted octanol–water partition coefficient (Wildman–Crippen LogP) is 3.55. The lowest BCUT2D eigenvalue weighted by atomic mass is 9.99. The van der Waals surface area contributed by atoms with E-state index in [2.05, 4.69) is 5.32 Å². The number of nitrogens with one attached hydrogen (secondary N) is 1. The minimum atomic E-state index is -0.0886. The third kappa shape index (κ3) is 4.01. The number of nitrogens with zero attached hydrogens (tertiary/aromatic N) is 1. The van der Waals surface area contributed by atoms with Crippen LogP contribution in [0.1, 0.15) is 44.1 Å². The number of ether oxygens (including phenoxy) is 1. The molecular formula is C19H28N2O3. The number of piperidine rings is 1. The van der Waals surface area contributed by atoms with Crippen molar-refractivity contribution in [3.8, 4) is 5.75 Å². The first kappa shape index (κ1) is 17.1. The highest BCUT2D eigenvalue weighted by Gasteiger charge is 2.24. The van der Waals surface area contributed by atoms with Crippen molar-refractivity contribution in [2.75, 3.05) is 25.0 Å². The van der Waals surface area contributed by atoms with Crippen LogP contribution in [0.15, 0.2) is 18.2 Å². The van der Waals surface area contributed by atoms with Crippen LogP contribution in [-0.4, -0.2) is 41.8 Å². The Morgan fingerprint density at radius 2 is 2.08 bits per heavy atom. The zero-order valence-corrected chi connectivity index (χ0v) is 14.5. The number of urea groups is 1. The summed E-state index contributed by atoms with van der Waals surface area (Å²) in [5.74, 6) is 1.06. The van der Waals surface area contributed by atoms with Gasteiger partial charge < -0.3 is 20.1 Å². The lowest BCUT2D eigenvalue weighted by molar-refractivity contribution is 0.136. The molecule has 1 heterocycles. The number of carbonyl (C=O) groups is 1. The molecule has 0 radical (unpaired) electrons. The molecule has 0 bridgehead atoms. The molecule has 0 spiro atoms. The van der Waals surface area contributed by atoms with Gasteiger partial charge in [-0.15, -0.1) is 0 Å². The fourth-order valence-corrected chi connectivity index (χ4v) is 3.66. The maximum absolute atomic E-state index is 12.5. The lowest BCUT2D eigenvalue weighted by Gasteiger charge is -2.32. The number of anilines is 1. The van der Waals surface area contributed by atoms with Crippen molar-refractivity contribution in [1.29, 1.82) is 0 Å². The number of amides is 2. The molecule has 1 unspecified atom stereocenters. The zero-order chi connectivity index (χ0) is 16.9. The summed E-state index contributed by atoms with van der Waals surface area (Å²) in [5.41, 5.74) is 1.79. The van der Waals surface area contributed by atoms with Crippen LogP contribution in [0.2, 0.25) is 0 Å². The monoisotopic (exact) mass is 332 g/mol. The van der Waals surface area contributed by atoms with Crippen molar-refractivity contribution >= 4 is 11.7 Å². The minimum absolute atomic E-state index is 0.0886. The number of carbonyl (C=O) groups excluding carboxylic acids is 1. The summed E-state index contributed by atoms with van der Waals surface area (Å²) in [6.07, 6.45) is 6.95. The summed E-state index contributed by atoms with van der Waals surface area (Å²) in [6.45, 7) is 3.51. The number of hydrogen-bond donors (Lipinski definition) is 2. The molecule has 2 amide bonds. The normalized spacial score (nSPS) is 21.8. The Labute approximate surface area is 144 Å². The SMILES string of the molecule is Cc1c(NC(=O)N2CCCC(CO)C2)cccc1OC1CCCC1. The van der Waals surface area contributed by atoms with Crippen LogP contribution < -0.4 is 10.1 Å². The quantitative estimate of drug-likeness (QED) is 0.886. The molecule has 0 aromatic heterocycles. The van der Waals surface area contributed by atoms with E-state index in [1.165, 1.54) is 12.8 Å². The zero-order valence-electron chi connectivity index (χ0n) is 14.5. The Morgan fingerprint density at radius 1 is 1.29 bits per heavy atom. The maximum atomic E-state index is 12.5. The van der Waals surface area contributed by atoms with Crippen LogP contribution in [0.5, 0.6) is 5.75 Å². The van der Waals surface area contributed by atoms with E-state index >= 15 is 0 Å². The van der Waals surface area contributed by atoms with Crippen molar-refractivity contribution in [3.05, 3.63) is 23.8 Å². The topological polar surface area (TPSA) is 61.8 Å². The summed E-state index contributed by atoms with van der Waals surface area (Å²) in [6, 6.07) is 5.74. The van der Waals surface area contributed by atoms with Gasteiger partial charge in [-0.2, -0.15) is 0 Å². The molecule has 1 aliphatic carbocycles. The van der Waals surface area contributed by atoms with Crippen LogP contribution >= 0.6 is 0 Å². The molecule has 1 saturated carbocycles. The molecule has 5 heteroatoms. The average molecular weight is 332 g/mol. The van der Waals surface area contributed by atoms with Gasteiger partial charge in [0.15, 0.2) is 0 Å². The number of hydrogen-bond acceptors (Lipinski definition) is 3. The fourth-order valence-electron chi connectivity index (χ4n) is 3.66. The van der Waals surface area contributed by atoms with Gasteiger partial charge in [0.05, 0.1) is 6.10 Å². The van der Waals surface area contributed by atoms with Gasteiger partial charge in [-0.1, -0.05) is 6.07 Å². The molecule has 1 aromatic rings. The van der Waals surface area contributed by atoms with Crippen molar-refractivity contribution in [3.63, 3.8) is 0 Å². The van der Waals surface area contributed by atoms with Crippen LogP contribution in [0.25, 0.3) is 0 Å². The highest BCUT2D eigenvalue weighted by atomic mass is 16.5. The van der Waals surface area contributed by atoms with Crippen LogP contribution in [0.3, 0.4) is 0 Å². The van der Waals surface area contributed by atoms with E-state index in [0.29, 0.717) is 12.6 Å². The van der Waals surface area contributed by atoms with Crippen LogP contribution in [0.4, 0.5) is 10.5 Å². The number of aliphatic hydroxyl groups is 1. The third-order valence-electron chi connectivity index (χ3n) is 5.19. The van der Waals surface area contributed by atoms with E-state index in [0.717, 1.165) is 49.2 Å². The van der Waals surface area contributed by atoms with Gasteiger partial charge in [-0.3, -0.25) is 0 Å². The molecule has 1 aromatic carbocycles. The first-order valence-corrected chi connectivity index (χ1v) is 9.10. The Kier molecular flexibility index (Phi) is 5.61. The van der Waals surface area contributed by atoms with Gasteiger partial charge in [0.1, 0.15) is 5.75 Å². The predicted molar refractivity (Wildman–Crippen MR) is 94.5 cm³/mol. The van der Waals surface area contributed by atoms with E-state index in [1.807, 2.05) is 25.1 Å². The summed E-state index contributed by atoms with van der Waals surface area (Å²) in [7, 11) is 0. The highest BCUT2D eigenvalue weighted by molar-refractivity contribution is 5.90. The average Bonchev–Trinajstić information content (AvgIpc) is 3.11. The van der Waals surface area contributed by atoms with Gasteiger partial charge in [0.25, 0.3) is 0 Å². The fraction of sp³-hybridized carbons (Fsp3) is 0.632. The first-order valence-electron chi connectivity index (χ1n) is 9.10. The molecule has 1 atom stereocenters. The van der Waals surface area contributed by atoms with Crippen molar-refractivity contribution in [2.45, 2.75) is 51.6 Å². The number of benzene rings is 1. The van der Waals surface area contributed by atoms with Gasteiger partial charge in [0.2, 0.25) is 0 Å². The Bertz CT molecular complexity index is 570. The summed E-state index contributed by atoms with van der Waals surface area (Å²) in [5, 5.41) is 12.3. The molecule has 2 fully saturated rings. The molecule has 2 aliphatic rings. The Balaban J connectivity index is 1.64. The van der Waals surface area contributed by atoms with E-state index in [4.69, 9.17) is 4.74 Å². The third-order valence-corrected chi connectivity index (χ3v) is 5.19. The molecular weight excluding hydrogens is 304 g/mol. The number of aliphatic hydroxyl groups excluding tert-OH is 1. The molecule has 1 saturated heterocycles. The molecule has 132 valence electrons. The summed E-state index contributed by atoms with van der Waals surface area (Å²) in [4.78, 5) is 14.3. The van der Waals surface area contributed by atoms with E-state index in [-0.39, 0.29) is 18.6 Å². The molecule has 24 heavy (non-hydrogen) atoms. The summed E-state index contributed by atoms with van der Waals surface area (Å²) >= 11 is 0. The second kappa shape index (κ2) is 7.88. The molecule has 2 N–H and O–H groups in total. The minimum Gasteiger partial charge on any atom is -0.490 e. The lowest BCUT2D eigenvalue weighted by Crippen LogP contribution is -2.43. The van der Waals surface area contributed by atoms with Crippen molar-refractivity contribution in [1.82, 2.24) is 4.90 Å². The van der Waals surface area contributed by atoms with Crippen molar-refractivity contribution < 1.29 is 14.6 Å². The Hall–Kier alpha value is -1.75. The molecule has 5 nitrogen and oxygen atoms in total. The van der Waals surface area contributed by atoms with Crippen LogP contribution in [-0.2, 0) is 0 Å². The molecule has 3 rings (SSSR count). The maximum Gasteiger partial charge on any atom is 0.321 e. The van der Waals surface area contributed by atoms with Gasteiger partial charge >= 0.3 is 6.03 Å². The molecule has 1 aliphatic heterocycles. The first-order chi connectivity index (χ1) is 11.7. The van der Waals surface area contributed by atoms with Crippen molar-refractivity contribution in [2.24, 2.45) is 5.92 Å².